The van der Waals surface area contributed by atoms with E-state index < -0.39 is 0 Å². The van der Waals surface area contributed by atoms with Crippen LogP contribution in [0.25, 0.3) is 0 Å². The van der Waals surface area contributed by atoms with Crippen molar-refractivity contribution in [3.8, 4) is 0 Å². The lowest BCUT2D eigenvalue weighted by molar-refractivity contribution is -0.0854. The van der Waals surface area contributed by atoms with Crippen molar-refractivity contribution >= 4 is 0 Å². The SMILES string of the molecule is CCC1(CC)CCCCC1(CC)C1CCCCC1. The Hall–Kier alpha value is 0. The smallest absolute Gasteiger partial charge is 0.0215 e. The molecule has 1 unspecified atom stereocenters. The molecule has 2 fully saturated rings. The largest absolute Gasteiger partial charge is 0.0648 e. The minimum atomic E-state index is 0.683. The molecular formula is C18H34. The first-order chi connectivity index (χ1) is 8.74. The van der Waals surface area contributed by atoms with Gasteiger partial charge in [0.15, 0.2) is 0 Å². The van der Waals surface area contributed by atoms with Crippen LogP contribution in [0, 0.1) is 16.7 Å². The zero-order chi connectivity index (χ0) is 13.1. The second kappa shape index (κ2) is 5.97. The van der Waals surface area contributed by atoms with Gasteiger partial charge in [-0.15, -0.1) is 0 Å². The molecule has 0 heterocycles. The summed E-state index contributed by atoms with van der Waals surface area (Å²) in [5.74, 6) is 1.05. The Morgan fingerprint density at radius 2 is 1.33 bits per heavy atom. The molecule has 2 aliphatic carbocycles. The van der Waals surface area contributed by atoms with Gasteiger partial charge in [-0.25, -0.2) is 0 Å². The summed E-state index contributed by atoms with van der Waals surface area (Å²) in [5, 5.41) is 0. The summed E-state index contributed by atoms with van der Waals surface area (Å²) >= 11 is 0. The van der Waals surface area contributed by atoms with E-state index in [1.807, 2.05) is 0 Å². The van der Waals surface area contributed by atoms with Crippen LogP contribution >= 0.6 is 0 Å². The van der Waals surface area contributed by atoms with Crippen molar-refractivity contribution < 1.29 is 0 Å². The Kier molecular flexibility index (Phi) is 4.78. The van der Waals surface area contributed by atoms with Gasteiger partial charge >= 0.3 is 0 Å². The van der Waals surface area contributed by atoms with Crippen LogP contribution < -0.4 is 0 Å². The van der Waals surface area contributed by atoms with Gasteiger partial charge in [-0.05, 0) is 61.7 Å². The van der Waals surface area contributed by atoms with Crippen molar-refractivity contribution in [1.82, 2.24) is 0 Å². The number of hydrogen-bond donors (Lipinski definition) is 0. The van der Waals surface area contributed by atoms with Gasteiger partial charge in [0, 0.05) is 0 Å². The van der Waals surface area contributed by atoms with Crippen molar-refractivity contribution in [3.05, 3.63) is 0 Å². The van der Waals surface area contributed by atoms with Crippen LogP contribution in [0.1, 0.15) is 97.8 Å². The van der Waals surface area contributed by atoms with E-state index in [9.17, 15) is 0 Å². The van der Waals surface area contributed by atoms with Gasteiger partial charge < -0.3 is 0 Å². The highest BCUT2D eigenvalue weighted by Gasteiger charge is 2.52. The topological polar surface area (TPSA) is 0 Å². The third-order valence-corrected chi connectivity index (χ3v) is 6.96. The summed E-state index contributed by atoms with van der Waals surface area (Å²) in [6, 6.07) is 0. The van der Waals surface area contributed by atoms with E-state index in [0.717, 1.165) is 5.92 Å². The minimum absolute atomic E-state index is 0.683. The lowest BCUT2D eigenvalue weighted by Gasteiger charge is -2.58. The highest BCUT2D eigenvalue weighted by atomic mass is 14.6. The quantitative estimate of drug-likeness (QED) is 0.546. The highest BCUT2D eigenvalue weighted by Crippen LogP contribution is 2.62. The molecule has 0 saturated heterocycles. The van der Waals surface area contributed by atoms with Crippen LogP contribution in [0.15, 0.2) is 0 Å². The zero-order valence-corrected chi connectivity index (χ0v) is 13.1. The molecule has 0 aromatic rings. The normalized spacial score (nSPS) is 33.5. The van der Waals surface area contributed by atoms with E-state index in [1.165, 1.54) is 77.0 Å². The van der Waals surface area contributed by atoms with E-state index in [2.05, 4.69) is 20.8 Å². The molecule has 1 atom stereocenters. The van der Waals surface area contributed by atoms with Crippen molar-refractivity contribution in [1.29, 1.82) is 0 Å². The maximum Gasteiger partial charge on any atom is -0.0215 e. The Morgan fingerprint density at radius 1 is 0.722 bits per heavy atom. The van der Waals surface area contributed by atoms with E-state index in [0.29, 0.717) is 10.8 Å². The van der Waals surface area contributed by atoms with Gasteiger partial charge in [0.1, 0.15) is 0 Å². The molecular weight excluding hydrogens is 216 g/mol. The zero-order valence-electron chi connectivity index (χ0n) is 13.1. The lowest BCUT2D eigenvalue weighted by Crippen LogP contribution is -2.49. The van der Waals surface area contributed by atoms with Gasteiger partial charge in [-0.2, -0.15) is 0 Å². The molecule has 2 aliphatic rings. The average Bonchev–Trinajstić information content (AvgIpc) is 2.47. The summed E-state index contributed by atoms with van der Waals surface area (Å²) in [6.07, 6.45) is 17.9. The fourth-order valence-corrected chi connectivity index (χ4v) is 5.86. The minimum Gasteiger partial charge on any atom is -0.0648 e. The molecule has 0 bridgehead atoms. The van der Waals surface area contributed by atoms with E-state index in [4.69, 9.17) is 0 Å². The molecule has 0 radical (unpaired) electrons. The van der Waals surface area contributed by atoms with E-state index in [-0.39, 0.29) is 0 Å². The molecule has 0 spiro atoms. The molecule has 0 nitrogen and oxygen atoms in total. The predicted octanol–water partition coefficient (Wildman–Crippen LogP) is 6.34. The standard InChI is InChI=1S/C18H34/c1-4-17(5-2)14-10-11-15-18(17,6-3)16-12-8-7-9-13-16/h16H,4-15H2,1-3H3. The average molecular weight is 250 g/mol. The van der Waals surface area contributed by atoms with Crippen molar-refractivity contribution in [2.75, 3.05) is 0 Å². The Bertz CT molecular complexity index is 245. The third kappa shape index (κ3) is 2.14. The third-order valence-electron chi connectivity index (χ3n) is 6.96. The van der Waals surface area contributed by atoms with Crippen molar-refractivity contribution in [2.24, 2.45) is 16.7 Å². The van der Waals surface area contributed by atoms with Crippen molar-refractivity contribution in [2.45, 2.75) is 97.8 Å². The summed E-state index contributed by atoms with van der Waals surface area (Å²) in [5.41, 5.74) is 1.39. The molecule has 0 amide bonds. The molecule has 106 valence electrons. The van der Waals surface area contributed by atoms with Crippen LogP contribution in [0.5, 0.6) is 0 Å². The molecule has 0 aliphatic heterocycles. The van der Waals surface area contributed by atoms with Crippen LogP contribution in [0.2, 0.25) is 0 Å². The van der Waals surface area contributed by atoms with Gasteiger partial charge in [-0.3, -0.25) is 0 Å². The first-order valence-electron chi connectivity index (χ1n) is 8.74. The molecule has 2 rings (SSSR count). The van der Waals surface area contributed by atoms with Crippen LogP contribution in [0.3, 0.4) is 0 Å². The van der Waals surface area contributed by atoms with Gasteiger partial charge in [0.2, 0.25) is 0 Å². The molecule has 0 heteroatoms. The molecule has 0 N–H and O–H groups in total. The van der Waals surface area contributed by atoms with E-state index >= 15 is 0 Å². The molecule has 18 heavy (non-hydrogen) atoms. The van der Waals surface area contributed by atoms with Gasteiger partial charge in [-0.1, -0.05) is 52.9 Å². The second-order valence-corrected chi connectivity index (χ2v) is 7.04. The Labute approximate surface area is 115 Å². The van der Waals surface area contributed by atoms with Crippen LogP contribution in [-0.4, -0.2) is 0 Å². The number of rotatable bonds is 4. The van der Waals surface area contributed by atoms with E-state index in [1.54, 1.807) is 0 Å². The fourth-order valence-electron chi connectivity index (χ4n) is 5.86. The fraction of sp³-hybridized carbons (Fsp3) is 1.00. The molecule has 0 aromatic carbocycles. The Morgan fingerprint density at radius 3 is 1.89 bits per heavy atom. The first-order valence-corrected chi connectivity index (χ1v) is 8.74. The lowest BCUT2D eigenvalue weighted by atomic mass is 9.46. The van der Waals surface area contributed by atoms with Gasteiger partial charge in [0.05, 0.1) is 0 Å². The molecule has 0 aromatic heterocycles. The monoisotopic (exact) mass is 250 g/mol. The maximum absolute atomic E-state index is 2.50. The predicted molar refractivity (Wildman–Crippen MR) is 80.8 cm³/mol. The molecule has 2 saturated carbocycles. The highest BCUT2D eigenvalue weighted by molar-refractivity contribution is 5.02. The van der Waals surface area contributed by atoms with Crippen LogP contribution in [-0.2, 0) is 0 Å². The summed E-state index contributed by atoms with van der Waals surface area (Å²) in [7, 11) is 0. The number of hydrogen-bond acceptors (Lipinski definition) is 0. The van der Waals surface area contributed by atoms with Gasteiger partial charge in [0.25, 0.3) is 0 Å². The maximum atomic E-state index is 2.50. The van der Waals surface area contributed by atoms with Crippen LogP contribution in [0.4, 0.5) is 0 Å². The van der Waals surface area contributed by atoms with Crippen molar-refractivity contribution in [3.63, 3.8) is 0 Å². The Balaban J connectivity index is 2.30. The first kappa shape index (κ1) is 14.4. The second-order valence-electron chi connectivity index (χ2n) is 7.04. The summed E-state index contributed by atoms with van der Waals surface area (Å²) in [4.78, 5) is 0. The summed E-state index contributed by atoms with van der Waals surface area (Å²) < 4.78 is 0. The summed E-state index contributed by atoms with van der Waals surface area (Å²) in [6.45, 7) is 7.45.